The van der Waals surface area contributed by atoms with Crippen molar-refractivity contribution in [2.24, 2.45) is 0 Å². The normalized spacial score (nSPS) is 12.7. The summed E-state index contributed by atoms with van der Waals surface area (Å²) in [5.41, 5.74) is 9.20. The van der Waals surface area contributed by atoms with Gasteiger partial charge >= 0.3 is 0 Å². The summed E-state index contributed by atoms with van der Waals surface area (Å²) in [5.74, 6) is 0.948. The van der Waals surface area contributed by atoms with E-state index in [0.717, 1.165) is 71.8 Å². The second-order valence-electron chi connectivity index (χ2n) is 18.6. The van der Waals surface area contributed by atoms with Gasteiger partial charge < -0.3 is 9.52 Å². The molecule has 57 heavy (non-hydrogen) atoms. The first-order valence-electron chi connectivity index (χ1n) is 19.9. The number of aromatic hydroxyl groups is 1. The van der Waals surface area contributed by atoms with Gasteiger partial charge in [0.1, 0.15) is 22.7 Å². The molecule has 0 bridgehead atoms. The van der Waals surface area contributed by atoms with E-state index in [0.29, 0.717) is 11.4 Å². The van der Waals surface area contributed by atoms with Crippen LogP contribution in [0, 0.1) is 0 Å². The summed E-state index contributed by atoms with van der Waals surface area (Å²) in [6.45, 7) is 21.2. The molecule has 0 aliphatic carbocycles. The maximum atomic E-state index is 11.9. The quantitative estimate of drug-likeness (QED) is 0.163. The van der Waals surface area contributed by atoms with Crippen molar-refractivity contribution in [3.8, 4) is 45.2 Å². The van der Waals surface area contributed by atoms with Gasteiger partial charge in [0.15, 0.2) is 0 Å². The monoisotopic (exact) mass is 795 g/mol. The lowest BCUT2D eigenvalue weighted by Gasteiger charge is -2.20. The van der Waals surface area contributed by atoms with Crippen LogP contribution < -0.4 is 15.6 Å². The maximum Gasteiger partial charge on any atom is 0.149 e. The molecule has 1 N–H and O–H groups in total. The number of para-hydroxylation sites is 1. The smallest absolute Gasteiger partial charge is 0.149 e. The van der Waals surface area contributed by atoms with Crippen LogP contribution in [-0.4, -0.2) is 43.9 Å². The molecule has 0 amide bonds. The zero-order valence-electron chi connectivity index (χ0n) is 34.3. The minimum atomic E-state index is -1.93. The predicted octanol–water partition coefficient (Wildman–Crippen LogP) is 11.8. The fourth-order valence-corrected chi connectivity index (χ4v) is 11.3. The van der Waals surface area contributed by atoms with Gasteiger partial charge in [0, 0.05) is 39.0 Å². The highest BCUT2D eigenvalue weighted by Gasteiger charge is 2.28. The molecule has 9 aromatic rings. The molecule has 0 saturated carbocycles. The first-order chi connectivity index (χ1) is 27.1. The van der Waals surface area contributed by atoms with Crippen molar-refractivity contribution in [2.75, 3.05) is 0 Å². The third kappa shape index (κ3) is 6.46. The molecule has 284 valence electrons. The molecule has 0 unspecified atom stereocenters. The van der Waals surface area contributed by atoms with E-state index >= 15 is 0 Å². The van der Waals surface area contributed by atoms with E-state index < -0.39 is 24.2 Å². The second kappa shape index (κ2) is 13.3. The number of fused-ring (bicyclic) bond motifs is 5. The fourth-order valence-electron chi connectivity index (χ4n) is 8.01. The third-order valence-electron chi connectivity index (χ3n) is 11.4. The van der Waals surface area contributed by atoms with Crippen molar-refractivity contribution in [1.82, 2.24) is 14.5 Å². The summed E-state index contributed by atoms with van der Waals surface area (Å²) in [6.07, 6.45) is 2.07. The Kier molecular flexibility index (Phi) is 8.62. The lowest BCUT2D eigenvalue weighted by Crippen LogP contribution is -2.37. The first kappa shape index (κ1) is 37.1. The topological polar surface area (TPSA) is 64.1 Å². The number of hydrogen-bond donors (Lipinski definition) is 1. The average molecular weight is 796 g/mol. The Balaban J connectivity index is 1.42. The van der Waals surface area contributed by atoms with E-state index in [2.05, 4.69) is 173 Å². The van der Waals surface area contributed by atoms with Gasteiger partial charge in [-0.1, -0.05) is 142 Å². The number of phenols is 1. The zero-order chi connectivity index (χ0) is 40.0. The number of nitrogens with zero attached hydrogens (tertiary/aromatic N) is 3. The lowest BCUT2D eigenvalue weighted by atomic mass is 9.96. The van der Waals surface area contributed by atoms with Crippen LogP contribution in [0.25, 0.3) is 83.2 Å². The van der Waals surface area contributed by atoms with Crippen LogP contribution in [-0.2, 0) is 0 Å². The van der Waals surface area contributed by atoms with E-state index in [-0.39, 0.29) is 5.75 Å². The molecular formula is C49H49N3O2Si3. The molecule has 6 aromatic carbocycles. The van der Waals surface area contributed by atoms with Crippen LogP contribution in [0.1, 0.15) is 0 Å². The summed E-state index contributed by atoms with van der Waals surface area (Å²) in [6, 6.07) is 43.1. The van der Waals surface area contributed by atoms with Crippen LogP contribution in [0.4, 0.5) is 0 Å². The number of hydrogen-bond acceptors (Lipinski definition) is 4. The van der Waals surface area contributed by atoms with Gasteiger partial charge in [0.05, 0.1) is 52.2 Å². The van der Waals surface area contributed by atoms with Crippen molar-refractivity contribution in [3.05, 3.63) is 128 Å². The molecule has 0 fully saturated rings. The molecule has 8 heteroatoms. The SMILES string of the molecule is C[Si](C)(C)c1ccc(-c2cc(-c3cc([Si](C)(C)C)cc4c3nc(-c3ccc([Si](C)(C)C)cc3O)n4-c3cccc4ccccc34)c3oc4ccccc4c3c2)nc1. The number of phenolic OH excluding ortho intramolecular Hbond substituents is 1. The molecular weight excluding hydrogens is 747 g/mol. The number of aromatic nitrogens is 3. The first-order valence-corrected chi connectivity index (χ1v) is 30.4. The number of benzene rings is 6. The Labute approximate surface area is 337 Å². The van der Waals surface area contributed by atoms with Gasteiger partial charge in [-0.2, -0.15) is 0 Å². The van der Waals surface area contributed by atoms with Crippen LogP contribution in [0.15, 0.2) is 132 Å². The Morgan fingerprint density at radius 2 is 1.25 bits per heavy atom. The summed E-state index contributed by atoms with van der Waals surface area (Å²) in [4.78, 5) is 10.7. The third-order valence-corrected chi connectivity index (χ3v) is 17.5. The molecule has 0 atom stereocenters. The minimum absolute atomic E-state index is 0.244. The summed E-state index contributed by atoms with van der Waals surface area (Å²) < 4.78 is 9.10. The molecule has 0 aliphatic heterocycles. The van der Waals surface area contributed by atoms with Gasteiger partial charge in [-0.3, -0.25) is 9.55 Å². The minimum Gasteiger partial charge on any atom is -0.507 e. The molecule has 9 rings (SSSR count). The van der Waals surface area contributed by atoms with Gasteiger partial charge in [0.25, 0.3) is 0 Å². The fraction of sp³-hybridized carbons (Fsp3) is 0.184. The van der Waals surface area contributed by atoms with E-state index in [4.69, 9.17) is 14.4 Å². The Morgan fingerprint density at radius 1 is 0.561 bits per heavy atom. The van der Waals surface area contributed by atoms with Gasteiger partial charge in [-0.25, -0.2) is 4.98 Å². The van der Waals surface area contributed by atoms with Crippen molar-refractivity contribution in [1.29, 1.82) is 0 Å². The van der Waals surface area contributed by atoms with E-state index in [1.807, 2.05) is 18.2 Å². The average Bonchev–Trinajstić information content (AvgIpc) is 3.75. The van der Waals surface area contributed by atoms with Crippen molar-refractivity contribution in [2.45, 2.75) is 58.9 Å². The van der Waals surface area contributed by atoms with E-state index in [1.54, 1.807) is 0 Å². The maximum absolute atomic E-state index is 11.9. The predicted molar refractivity (Wildman–Crippen MR) is 251 cm³/mol. The number of rotatable bonds is 7. The Hall–Kier alpha value is -5.55. The molecule has 0 aliphatic rings. The molecule has 0 radical (unpaired) electrons. The van der Waals surface area contributed by atoms with Crippen LogP contribution in [0.2, 0.25) is 58.9 Å². The highest BCUT2D eigenvalue weighted by Crippen LogP contribution is 2.43. The van der Waals surface area contributed by atoms with Crippen molar-refractivity contribution >= 4 is 83.5 Å². The largest absolute Gasteiger partial charge is 0.507 e. The standard InChI is InChI=1S/C49H49N3O2Si3/c1-55(2,3)33-21-23-38(45(53)29-33)49-51-47-39(27-35(57(7,8)9)28-44(47)52(49)43-19-14-16-31-15-10-11-17-36(31)43)41-26-32(42-24-22-34(30-50-42)56(4,5)6)25-40-37-18-12-13-20-46(37)54-48(40)41/h10-30,53H,1-9H3. The highest BCUT2D eigenvalue weighted by molar-refractivity contribution is 6.89. The van der Waals surface area contributed by atoms with Gasteiger partial charge in [-0.05, 0) is 59.1 Å². The highest BCUT2D eigenvalue weighted by atomic mass is 28.3. The summed E-state index contributed by atoms with van der Waals surface area (Å²) in [7, 11) is -5.16. The summed E-state index contributed by atoms with van der Waals surface area (Å²) >= 11 is 0. The molecule has 0 spiro atoms. The Bertz CT molecular complexity index is 3030. The lowest BCUT2D eigenvalue weighted by molar-refractivity contribution is 0.477. The summed E-state index contributed by atoms with van der Waals surface area (Å²) in [5, 5.41) is 20.1. The van der Waals surface area contributed by atoms with Crippen LogP contribution in [0.3, 0.4) is 0 Å². The molecule has 3 heterocycles. The molecule has 0 saturated heterocycles. The number of imidazole rings is 1. The van der Waals surface area contributed by atoms with E-state index in [9.17, 15) is 5.11 Å². The molecule has 5 nitrogen and oxygen atoms in total. The van der Waals surface area contributed by atoms with Gasteiger partial charge in [0.2, 0.25) is 0 Å². The number of furan rings is 1. The molecule has 3 aromatic heterocycles. The zero-order valence-corrected chi connectivity index (χ0v) is 37.3. The van der Waals surface area contributed by atoms with Gasteiger partial charge in [-0.15, -0.1) is 0 Å². The van der Waals surface area contributed by atoms with Crippen molar-refractivity contribution in [3.63, 3.8) is 0 Å². The van der Waals surface area contributed by atoms with Crippen molar-refractivity contribution < 1.29 is 9.52 Å². The number of pyridine rings is 1. The second-order valence-corrected chi connectivity index (χ2v) is 33.8. The Morgan fingerprint density at radius 3 is 1.95 bits per heavy atom. The van der Waals surface area contributed by atoms with E-state index in [1.165, 1.54) is 15.6 Å². The van der Waals surface area contributed by atoms with Crippen LogP contribution >= 0.6 is 0 Å². The van der Waals surface area contributed by atoms with Crippen LogP contribution in [0.5, 0.6) is 5.75 Å².